The number of aromatic nitrogens is 1. The standard InChI is InChI=1S/C16H15N3O5S/c20-13(17-5-6-19-14(21)9-25-16(19)23)8-24-15(22)12-7-10-3-1-2-4-11(10)18-12/h1-4,7,18H,5-6,8-9H2,(H,17,20). The van der Waals surface area contributed by atoms with Gasteiger partial charge in [0.1, 0.15) is 5.69 Å². The summed E-state index contributed by atoms with van der Waals surface area (Å²) < 4.78 is 4.95. The quantitative estimate of drug-likeness (QED) is 0.747. The first kappa shape index (κ1) is 17.0. The topological polar surface area (TPSA) is 109 Å². The van der Waals surface area contributed by atoms with Gasteiger partial charge >= 0.3 is 5.97 Å². The number of rotatable bonds is 6. The summed E-state index contributed by atoms with van der Waals surface area (Å²) in [4.78, 5) is 50.4. The summed E-state index contributed by atoms with van der Waals surface area (Å²) in [6.45, 7) is -0.224. The Hall–Kier alpha value is -2.81. The van der Waals surface area contributed by atoms with Crippen LogP contribution in [0.4, 0.5) is 4.79 Å². The fourth-order valence-corrected chi connectivity index (χ4v) is 3.10. The van der Waals surface area contributed by atoms with Gasteiger partial charge in [0.25, 0.3) is 11.1 Å². The molecule has 2 N–H and O–H groups in total. The van der Waals surface area contributed by atoms with Gasteiger partial charge in [0, 0.05) is 24.0 Å². The number of hydrogen-bond acceptors (Lipinski definition) is 6. The molecular weight excluding hydrogens is 346 g/mol. The van der Waals surface area contributed by atoms with Crippen LogP contribution in [0.5, 0.6) is 0 Å². The van der Waals surface area contributed by atoms with E-state index in [4.69, 9.17) is 4.74 Å². The predicted molar refractivity (Wildman–Crippen MR) is 91.2 cm³/mol. The molecule has 1 aliphatic heterocycles. The van der Waals surface area contributed by atoms with Gasteiger partial charge < -0.3 is 15.0 Å². The SMILES string of the molecule is O=C(COC(=O)c1cc2ccccc2[nH]1)NCCN1C(=O)CSC1=O. The molecule has 3 rings (SSSR count). The van der Waals surface area contributed by atoms with E-state index in [-0.39, 0.29) is 35.7 Å². The molecule has 1 saturated heterocycles. The highest BCUT2D eigenvalue weighted by Crippen LogP contribution is 2.17. The van der Waals surface area contributed by atoms with Crippen LogP contribution in [0.25, 0.3) is 10.9 Å². The molecule has 8 nitrogen and oxygen atoms in total. The number of thioether (sulfide) groups is 1. The van der Waals surface area contributed by atoms with Gasteiger partial charge in [-0.15, -0.1) is 0 Å². The van der Waals surface area contributed by atoms with Crippen molar-refractivity contribution in [3.63, 3.8) is 0 Å². The summed E-state index contributed by atoms with van der Waals surface area (Å²) >= 11 is 0.938. The molecule has 0 saturated carbocycles. The Labute approximate surface area is 146 Å². The molecule has 130 valence electrons. The number of aromatic amines is 1. The number of imide groups is 1. The summed E-state index contributed by atoms with van der Waals surface area (Å²) in [5, 5.41) is 3.06. The van der Waals surface area contributed by atoms with Crippen LogP contribution in [0.1, 0.15) is 10.5 Å². The fraction of sp³-hybridized carbons (Fsp3) is 0.250. The zero-order valence-corrected chi connectivity index (χ0v) is 13.9. The molecule has 0 atom stereocenters. The number of hydrogen-bond donors (Lipinski definition) is 2. The number of carbonyl (C=O) groups excluding carboxylic acids is 4. The molecule has 3 amide bonds. The number of fused-ring (bicyclic) bond motifs is 1. The molecule has 2 heterocycles. The molecule has 0 aliphatic carbocycles. The van der Waals surface area contributed by atoms with Crippen molar-refractivity contribution in [2.75, 3.05) is 25.4 Å². The summed E-state index contributed by atoms with van der Waals surface area (Å²) in [6, 6.07) is 9.03. The first-order valence-corrected chi connectivity index (χ1v) is 8.52. The molecule has 0 spiro atoms. The molecule has 2 aromatic rings. The molecule has 9 heteroatoms. The van der Waals surface area contributed by atoms with E-state index in [9.17, 15) is 19.2 Å². The van der Waals surface area contributed by atoms with E-state index < -0.39 is 18.5 Å². The Morgan fingerprint density at radius 2 is 2.08 bits per heavy atom. The van der Waals surface area contributed by atoms with Crippen LogP contribution in [0.2, 0.25) is 0 Å². The van der Waals surface area contributed by atoms with Gasteiger partial charge in [0.05, 0.1) is 5.75 Å². The maximum atomic E-state index is 12.0. The average molecular weight is 361 g/mol. The van der Waals surface area contributed by atoms with Crippen molar-refractivity contribution >= 4 is 45.7 Å². The van der Waals surface area contributed by atoms with E-state index in [1.165, 1.54) is 0 Å². The van der Waals surface area contributed by atoms with E-state index in [2.05, 4.69) is 10.3 Å². The van der Waals surface area contributed by atoms with Crippen LogP contribution in [0.3, 0.4) is 0 Å². The van der Waals surface area contributed by atoms with Gasteiger partial charge in [-0.1, -0.05) is 30.0 Å². The highest BCUT2D eigenvalue weighted by atomic mass is 32.2. The van der Waals surface area contributed by atoms with Crippen molar-refractivity contribution in [3.05, 3.63) is 36.0 Å². The van der Waals surface area contributed by atoms with E-state index >= 15 is 0 Å². The first-order valence-electron chi connectivity index (χ1n) is 7.53. The molecule has 1 aromatic carbocycles. The number of esters is 1. The number of H-pyrrole nitrogens is 1. The van der Waals surface area contributed by atoms with Gasteiger partial charge in [-0.2, -0.15) is 0 Å². The third-order valence-electron chi connectivity index (χ3n) is 3.58. The number of ether oxygens (including phenoxy) is 1. The summed E-state index contributed by atoms with van der Waals surface area (Å²) in [7, 11) is 0. The minimum absolute atomic E-state index is 0.104. The lowest BCUT2D eigenvalue weighted by Gasteiger charge is -2.13. The van der Waals surface area contributed by atoms with E-state index in [1.807, 2.05) is 24.3 Å². The second kappa shape index (κ2) is 7.39. The normalized spacial score (nSPS) is 14.2. The lowest BCUT2D eigenvalue weighted by Crippen LogP contribution is -2.38. The van der Waals surface area contributed by atoms with E-state index in [0.717, 1.165) is 27.6 Å². The zero-order valence-electron chi connectivity index (χ0n) is 13.1. The first-order chi connectivity index (χ1) is 12.0. The zero-order chi connectivity index (χ0) is 17.8. The molecule has 0 radical (unpaired) electrons. The number of nitrogens with one attached hydrogen (secondary N) is 2. The summed E-state index contributed by atoms with van der Waals surface area (Å²) in [6.07, 6.45) is 0. The Balaban J connectivity index is 1.43. The van der Waals surface area contributed by atoms with Crippen molar-refractivity contribution in [2.45, 2.75) is 0 Å². The Kier molecular flexibility index (Phi) is 5.03. The summed E-state index contributed by atoms with van der Waals surface area (Å²) in [5.41, 5.74) is 1.07. The molecule has 1 aliphatic rings. The highest BCUT2D eigenvalue weighted by molar-refractivity contribution is 8.14. The summed E-state index contributed by atoms with van der Waals surface area (Å²) in [5.74, 6) is -1.27. The van der Waals surface area contributed by atoms with Gasteiger partial charge in [-0.25, -0.2) is 4.79 Å². The van der Waals surface area contributed by atoms with Gasteiger partial charge in [0.2, 0.25) is 5.91 Å². The minimum Gasteiger partial charge on any atom is -0.451 e. The molecule has 0 unspecified atom stereocenters. The predicted octanol–water partition coefficient (Wildman–Crippen LogP) is 1.14. The number of benzene rings is 1. The van der Waals surface area contributed by atoms with Crippen molar-refractivity contribution in [2.24, 2.45) is 0 Å². The fourth-order valence-electron chi connectivity index (χ4n) is 2.35. The van der Waals surface area contributed by atoms with Gasteiger partial charge in [0.15, 0.2) is 6.61 Å². The Morgan fingerprint density at radius 1 is 1.28 bits per heavy atom. The maximum absolute atomic E-state index is 12.0. The Morgan fingerprint density at radius 3 is 2.80 bits per heavy atom. The number of nitrogens with zero attached hydrogens (tertiary/aromatic N) is 1. The van der Waals surface area contributed by atoms with Crippen molar-refractivity contribution < 1.29 is 23.9 Å². The second-order valence-corrected chi connectivity index (χ2v) is 6.22. The van der Waals surface area contributed by atoms with E-state index in [0.29, 0.717) is 0 Å². The highest BCUT2D eigenvalue weighted by Gasteiger charge is 2.29. The van der Waals surface area contributed by atoms with E-state index in [1.54, 1.807) is 6.07 Å². The average Bonchev–Trinajstić information content (AvgIpc) is 3.17. The second-order valence-electron chi connectivity index (χ2n) is 5.30. The lowest BCUT2D eigenvalue weighted by atomic mass is 10.2. The Bertz CT molecular complexity index is 798. The van der Waals surface area contributed by atoms with Crippen LogP contribution in [-0.2, 0) is 14.3 Å². The molecule has 1 fully saturated rings. The third kappa shape index (κ3) is 4.00. The lowest BCUT2D eigenvalue weighted by molar-refractivity contribution is -0.126. The van der Waals surface area contributed by atoms with Crippen molar-refractivity contribution in [3.8, 4) is 0 Å². The van der Waals surface area contributed by atoms with Crippen LogP contribution in [0, 0.1) is 0 Å². The smallest absolute Gasteiger partial charge is 0.355 e. The molecule has 25 heavy (non-hydrogen) atoms. The number of amides is 3. The van der Waals surface area contributed by atoms with Crippen LogP contribution < -0.4 is 5.32 Å². The third-order valence-corrected chi connectivity index (χ3v) is 4.44. The maximum Gasteiger partial charge on any atom is 0.355 e. The van der Waals surface area contributed by atoms with Crippen LogP contribution in [0.15, 0.2) is 30.3 Å². The van der Waals surface area contributed by atoms with Crippen molar-refractivity contribution in [1.82, 2.24) is 15.2 Å². The largest absolute Gasteiger partial charge is 0.451 e. The van der Waals surface area contributed by atoms with Crippen LogP contribution >= 0.6 is 11.8 Å². The van der Waals surface area contributed by atoms with Crippen LogP contribution in [-0.4, -0.2) is 58.4 Å². The number of carbonyl (C=O) groups is 4. The number of para-hydroxylation sites is 1. The monoisotopic (exact) mass is 361 g/mol. The molecule has 1 aromatic heterocycles. The molecular formula is C16H15N3O5S. The molecule has 0 bridgehead atoms. The van der Waals surface area contributed by atoms with Gasteiger partial charge in [-0.3, -0.25) is 19.3 Å². The van der Waals surface area contributed by atoms with Crippen molar-refractivity contribution in [1.29, 1.82) is 0 Å². The van der Waals surface area contributed by atoms with Gasteiger partial charge in [-0.05, 0) is 12.1 Å². The minimum atomic E-state index is -0.632.